The summed E-state index contributed by atoms with van der Waals surface area (Å²) in [6, 6.07) is 3.98. The Kier molecular flexibility index (Phi) is 3.87. The lowest BCUT2D eigenvalue weighted by Crippen LogP contribution is -2.40. The molecule has 0 saturated heterocycles. The van der Waals surface area contributed by atoms with E-state index in [0.29, 0.717) is 11.5 Å². The van der Waals surface area contributed by atoms with Gasteiger partial charge in [-0.3, -0.25) is 4.79 Å². The maximum atomic E-state index is 12.1. The van der Waals surface area contributed by atoms with Gasteiger partial charge < -0.3 is 19.1 Å². The molecule has 2 heterocycles. The van der Waals surface area contributed by atoms with Gasteiger partial charge in [-0.05, 0) is 47.9 Å². The van der Waals surface area contributed by atoms with Gasteiger partial charge in [0.25, 0.3) is 0 Å². The standard InChI is InChI=1S/C21H21NO4/c1-12-14-5-6-18(24-2)21(26-4)16(14)11-22-8-7-13-9-17(23)19(25-3)10-15(13)20(12)22/h5-6,9-11H,7-8H2,1-4H3. The van der Waals surface area contributed by atoms with Gasteiger partial charge in [0.15, 0.2) is 17.3 Å². The topological polar surface area (TPSA) is 48.0 Å². The van der Waals surface area contributed by atoms with E-state index in [9.17, 15) is 4.79 Å². The zero-order valence-corrected chi connectivity index (χ0v) is 15.4. The van der Waals surface area contributed by atoms with Crippen LogP contribution in [0.5, 0.6) is 11.5 Å². The highest BCUT2D eigenvalue weighted by atomic mass is 16.5. The fraction of sp³-hybridized carbons (Fsp3) is 0.286. The summed E-state index contributed by atoms with van der Waals surface area (Å²) < 4.78 is 16.3. The molecular formula is C21H21NO4. The molecular weight excluding hydrogens is 330 g/mol. The second kappa shape index (κ2) is 6.09. The third-order valence-corrected chi connectivity index (χ3v) is 5.18. The third-order valence-electron chi connectivity index (χ3n) is 5.18. The number of fused-ring (bicyclic) bond motifs is 3. The van der Waals surface area contributed by atoms with Crippen LogP contribution >= 0.6 is 0 Å². The van der Waals surface area contributed by atoms with Gasteiger partial charge in [0.2, 0.25) is 5.78 Å². The highest BCUT2D eigenvalue weighted by molar-refractivity contribution is 6.06. The maximum Gasteiger partial charge on any atom is 0.220 e. The number of allylic oxidation sites excluding steroid dienone is 4. The van der Waals surface area contributed by atoms with Crippen molar-refractivity contribution in [2.75, 3.05) is 27.9 Å². The van der Waals surface area contributed by atoms with Crippen molar-refractivity contribution in [2.45, 2.75) is 13.3 Å². The first-order chi connectivity index (χ1) is 12.6. The van der Waals surface area contributed by atoms with Crippen molar-refractivity contribution in [1.82, 2.24) is 4.90 Å². The molecule has 134 valence electrons. The van der Waals surface area contributed by atoms with Crippen LogP contribution in [0.2, 0.25) is 0 Å². The predicted molar refractivity (Wildman–Crippen MR) is 98.9 cm³/mol. The predicted octanol–water partition coefficient (Wildman–Crippen LogP) is 1.63. The molecule has 0 spiro atoms. The second-order valence-corrected chi connectivity index (χ2v) is 6.47. The van der Waals surface area contributed by atoms with Crippen molar-refractivity contribution in [1.29, 1.82) is 0 Å². The second-order valence-electron chi connectivity index (χ2n) is 6.47. The first kappa shape index (κ1) is 16.5. The number of ketones is 1. The number of rotatable bonds is 3. The van der Waals surface area contributed by atoms with E-state index in [-0.39, 0.29) is 5.78 Å². The Hall–Kier alpha value is -2.95. The molecule has 0 bridgehead atoms. The Balaban J connectivity index is 2.03. The summed E-state index contributed by atoms with van der Waals surface area (Å²) in [6.07, 6.45) is 6.49. The van der Waals surface area contributed by atoms with Crippen LogP contribution < -0.4 is 19.9 Å². The van der Waals surface area contributed by atoms with Gasteiger partial charge in [0, 0.05) is 23.5 Å². The van der Waals surface area contributed by atoms with Crippen LogP contribution in [0.15, 0.2) is 46.9 Å². The van der Waals surface area contributed by atoms with Gasteiger partial charge in [-0.2, -0.15) is 0 Å². The van der Waals surface area contributed by atoms with E-state index in [1.54, 1.807) is 20.3 Å². The number of benzene rings is 1. The lowest BCUT2D eigenvalue weighted by molar-refractivity contribution is -0.114. The van der Waals surface area contributed by atoms with Crippen molar-refractivity contribution in [3.05, 3.63) is 57.3 Å². The van der Waals surface area contributed by atoms with Crippen LogP contribution in [-0.2, 0) is 9.53 Å². The van der Waals surface area contributed by atoms with E-state index in [2.05, 4.69) is 24.1 Å². The number of methoxy groups -OCH3 is 3. The van der Waals surface area contributed by atoms with Crippen LogP contribution in [0.4, 0.5) is 0 Å². The van der Waals surface area contributed by atoms with Crippen LogP contribution in [0.1, 0.15) is 13.3 Å². The maximum absolute atomic E-state index is 12.1. The van der Waals surface area contributed by atoms with Gasteiger partial charge >= 0.3 is 0 Å². The van der Waals surface area contributed by atoms with Crippen LogP contribution in [-0.4, -0.2) is 38.6 Å². The minimum absolute atomic E-state index is 0.0652. The Bertz CT molecular complexity index is 1030. The fourth-order valence-corrected chi connectivity index (χ4v) is 3.93. The molecule has 0 amide bonds. The molecule has 0 N–H and O–H groups in total. The van der Waals surface area contributed by atoms with Crippen LogP contribution in [0, 0.1) is 0 Å². The molecule has 0 atom stereocenters. The summed E-state index contributed by atoms with van der Waals surface area (Å²) >= 11 is 0. The average Bonchev–Trinajstić information content (AvgIpc) is 2.66. The Morgan fingerprint density at radius 3 is 2.54 bits per heavy atom. The van der Waals surface area contributed by atoms with E-state index in [1.165, 1.54) is 7.11 Å². The molecule has 3 aliphatic rings. The van der Waals surface area contributed by atoms with Crippen molar-refractivity contribution in [2.24, 2.45) is 0 Å². The molecule has 0 fully saturated rings. The molecule has 0 radical (unpaired) electrons. The fourth-order valence-electron chi connectivity index (χ4n) is 3.93. The van der Waals surface area contributed by atoms with E-state index < -0.39 is 0 Å². The van der Waals surface area contributed by atoms with E-state index in [1.807, 2.05) is 12.1 Å². The number of ether oxygens (including phenoxy) is 3. The van der Waals surface area contributed by atoms with Gasteiger partial charge in [-0.1, -0.05) is 6.07 Å². The summed E-state index contributed by atoms with van der Waals surface area (Å²) in [5, 5.41) is 2.12. The summed E-state index contributed by atoms with van der Waals surface area (Å²) in [6.45, 7) is 2.91. The minimum atomic E-state index is -0.0652. The van der Waals surface area contributed by atoms with E-state index in [4.69, 9.17) is 14.2 Å². The molecule has 0 aromatic heterocycles. The molecule has 4 rings (SSSR count). The van der Waals surface area contributed by atoms with Crippen molar-refractivity contribution in [3.8, 4) is 11.5 Å². The number of nitrogens with zero attached hydrogens (tertiary/aromatic N) is 1. The molecule has 1 aromatic carbocycles. The van der Waals surface area contributed by atoms with Gasteiger partial charge in [-0.15, -0.1) is 0 Å². The van der Waals surface area contributed by atoms with Gasteiger partial charge in [0.1, 0.15) is 0 Å². The zero-order valence-electron chi connectivity index (χ0n) is 15.4. The first-order valence-electron chi connectivity index (χ1n) is 8.55. The molecule has 2 aliphatic heterocycles. The Morgan fingerprint density at radius 1 is 1.04 bits per heavy atom. The molecule has 26 heavy (non-hydrogen) atoms. The summed E-state index contributed by atoms with van der Waals surface area (Å²) in [5.74, 6) is 1.77. The lowest BCUT2D eigenvalue weighted by Gasteiger charge is -2.36. The third kappa shape index (κ3) is 2.27. The SMILES string of the molecule is COC1=CC2=C3C(C)=c4ccc(OC)c(OC)c4=CN3CCC2=CC1=O. The van der Waals surface area contributed by atoms with Gasteiger partial charge in [-0.25, -0.2) is 0 Å². The van der Waals surface area contributed by atoms with E-state index in [0.717, 1.165) is 51.6 Å². The normalized spacial score (nSPS) is 18.2. The van der Waals surface area contributed by atoms with Crippen molar-refractivity contribution >= 4 is 17.6 Å². The molecule has 5 heteroatoms. The molecule has 5 nitrogen and oxygen atoms in total. The summed E-state index contributed by atoms with van der Waals surface area (Å²) in [7, 11) is 4.84. The van der Waals surface area contributed by atoms with Crippen LogP contribution in [0.3, 0.4) is 0 Å². The lowest BCUT2D eigenvalue weighted by atomic mass is 9.86. The first-order valence-corrected chi connectivity index (χ1v) is 8.55. The highest BCUT2D eigenvalue weighted by Gasteiger charge is 2.30. The molecule has 1 aromatic rings. The zero-order chi connectivity index (χ0) is 18.4. The molecule has 1 aliphatic carbocycles. The van der Waals surface area contributed by atoms with Crippen molar-refractivity contribution < 1.29 is 19.0 Å². The number of hydrogen-bond acceptors (Lipinski definition) is 5. The number of carbonyl (C=O) groups is 1. The minimum Gasteiger partial charge on any atom is -0.493 e. The highest BCUT2D eigenvalue weighted by Crippen LogP contribution is 2.37. The van der Waals surface area contributed by atoms with E-state index >= 15 is 0 Å². The number of carbonyl (C=O) groups excluding carboxylic acids is 1. The monoisotopic (exact) mass is 351 g/mol. The Morgan fingerprint density at radius 2 is 1.85 bits per heavy atom. The van der Waals surface area contributed by atoms with Crippen LogP contribution in [0.25, 0.3) is 11.8 Å². The largest absolute Gasteiger partial charge is 0.493 e. The average molecular weight is 351 g/mol. The van der Waals surface area contributed by atoms with Gasteiger partial charge in [0.05, 0.1) is 27.0 Å². The summed E-state index contributed by atoms with van der Waals surface area (Å²) in [5.41, 5.74) is 4.38. The van der Waals surface area contributed by atoms with Crippen molar-refractivity contribution in [3.63, 3.8) is 0 Å². The summed E-state index contributed by atoms with van der Waals surface area (Å²) in [4.78, 5) is 14.4. The quantitative estimate of drug-likeness (QED) is 0.828. The molecule has 0 unspecified atom stereocenters. The number of hydrogen-bond donors (Lipinski definition) is 0. The Labute approximate surface area is 152 Å². The smallest absolute Gasteiger partial charge is 0.220 e. The molecule has 0 saturated carbocycles.